The van der Waals surface area contributed by atoms with Crippen molar-refractivity contribution in [1.82, 2.24) is 9.97 Å². The molecule has 0 fully saturated rings. The maximum absolute atomic E-state index is 13.0. The summed E-state index contributed by atoms with van der Waals surface area (Å²) in [5, 5.41) is 9.30. The second-order valence-corrected chi connectivity index (χ2v) is 3.46. The van der Waals surface area contributed by atoms with E-state index in [1.54, 1.807) is 6.07 Å². The van der Waals surface area contributed by atoms with Crippen molar-refractivity contribution >= 4 is 17.5 Å². The minimum Gasteiger partial charge on any atom is -0.492 e. The predicted octanol–water partition coefficient (Wildman–Crippen LogP) is 2.22. The van der Waals surface area contributed by atoms with E-state index < -0.39 is 11.7 Å². The van der Waals surface area contributed by atoms with Crippen molar-refractivity contribution in [2.45, 2.75) is 0 Å². The first-order valence-corrected chi connectivity index (χ1v) is 4.73. The van der Waals surface area contributed by atoms with Crippen LogP contribution in [0.5, 0.6) is 5.88 Å². The Labute approximate surface area is 95.5 Å². The summed E-state index contributed by atoms with van der Waals surface area (Å²) >= 11 is 5.80. The van der Waals surface area contributed by atoms with E-state index in [1.165, 1.54) is 18.2 Å². The molecule has 0 spiro atoms. The minimum absolute atomic E-state index is 0.0557. The van der Waals surface area contributed by atoms with Crippen molar-refractivity contribution in [3.8, 4) is 17.1 Å². The second kappa shape index (κ2) is 3.94. The fourth-order valence-electron chi connectivity index (χ4n) is 1.28. The molecule has 6 heteroatoms. The Hall–Kier alpha value is -1.88. The van der Waals surface area contributed by atoms with E-state index in [9.17, 15) is 9.50 Å². The van der Waals surface area contributed by atoms with Crippen LogP contribution in [-0.2, 0) is 0 Å². The van der Waals surface area contributed by atoms with Crippen LogP contribution in [0.2, 0.25) is 5.02 Å². The molecule has 0 amide bonds. The molecule has 0 radical (unpaired) electrons. The van der Waals surface area contributed by atoms with Crippen LogP contribution in [-0.4, -0.2) is 15.1 Å². The Morgan fingerprint density at radius 2 is 2.06 bits per heavy atom. The van der Waals surface area contributed by atoms with Crippen LogP contribution in [0.15, 0.2) is 24.3 Å². The molecular formula is C10H7ClFN3O. The van der Waals surface area contributed by atoms with E-state index in [2.05, 4.69) is 9.97 Å². The highest BCUT2D eigenvalue weighted by Crippen LogP contribution is 2.32. The number of aromatic nitrogens is 2. The van der Waals surface area contributed by atoms with Gasteiger partial charge in [0, 0.05) is 5.56 Å². The Kier molecular flexibility index (Phi) is 2.62. The third kappa shape index (κ3) is 1.90. The highest BCUT2D eigenvalue weighted by atomic mass is 35.5. The Balaban J connectivity index is 2.64. The van der Waals surface area contributed by atoms with Crippen molar-refractivity contribution in [3.63, 3.8) is 0 Å². The molecule has 2 rings (SSSR count). The van der Waals surface area contributed by atoms with E-state index in [0.717, 1.165) is 0 Å². The van der Waals surface area contributed by atoms with Crippen molar-refractivity contribution in [2.24, 2.45) is 0 Å². The highest BCUT2D eigenvalue weighted by molar-refractivity contribution is 6.34. The summed E-state index contributed by atoms with van der Waals surface area (Å²) in [7, 11) is 0. The van der Waals surface area contributed by atoms with Crippen LogP contribution in [0, 0.1) is 5.82 Å². The average Bonchev–Trinajstić information content (AvgIpc) is 2.23. The monoisotopic (exact) mass is 239 g/mol. The Morgan fingerprint density at radius 1 is 1.31 bits per heavy atom. The summed E-state index contributed by atoms with van der Waals surface area (Å²) in [5.74, 6) is -0.972. The predicted molar refractivity (Wildman–Crippen MR) is 58.5 cm³/mol. The Morgan fingerprint density at radius 3 is 2.75 bits per heavy atom. The molecule has 0 aliphatic carbocycles. The third-order valence-corrected chi connectivity index (χ3v) is 2.30. The molecule has 0 unspecified atom stereocenters. The number of benzene rings is 1. The second-order valence-electron chi connectivity index (χ2n) is 3.08. The molecule has 0 atom stereocenters. The van der Waals surface area contributed by atoms with Crippen molar-refractivity contribution < 1.29 is 9.50 Å². The van der Waals surface area contributed by atoms with Gasteiger partial charge >= 0.3 is 0 Å². The number of nitrogens with zero attached hydrogens (tertiary/aromatic N) is 2. The minimum atomic E-state index is -0.426. The van der Waals surface area contributed by atoms with Gasteiger partial charge in [-0.05, 0) is 12.1 Å². The SMILES string of the molecule is Nc1nc(O)c(Cl)c(-c2cccc(F)c2)n1. The van der Waals surface area contributed by atoms with Crippen LogP contribution in [0.1, 0.15) is 0 Å². The first-order chi connectivity index (χ1) is 7.58. The summed E-state index contributed by atoms with van der Waals surface area (Å²) in [6, 6.07) is 5.65. The van der Waals surface area contributed by atoms with Crippen molar-refractivity contribution in [3.05, 3.63) is 35.1 Å². The van der Waals surface area contributed by atoms with E-state index >= 15 is 0 Å². The molecule has 82 valence electrons. The number of halogens is 2. The Bertz CT molecular complexity index is 548. The lowest BCUT2D eigenvalue weighted by atomic mass is 10.1. The van der Waals surface area contributed by atoms with Gasteiger partial charge in [-0.15, -0.1) is 0 Å². The van der Waals surface area contributed by atoms with Crippen LogP contribution in [0.3, 0.4) is 0 Å². The van der Waals surface area contributed by atoms with E-state index in [0.29, 0.717) is 5.56 Å². The standard InChI is InChI=1S/C10H7ClFN3O/c11-7-8(14-10(13)15-9(7)16)5-2-1-3-6(12)4-5/h1-4H,(H3,13,14,15,16). The number of rotatable bonds is 1. The van der Waals surface area contributed by atoms with Gasteiger partial charge in [-0.1, -0.05) is 23.7 Å². The van der Waals surface area contributed by atoms with E-state index in [4.69, 9.17) is 17.3 Å². The van der Waals surface area contributed by atoms with Crippen LogP contribution in [0.4, 0.5) is 10.3 Å². The average molecular weight is 240 g/mol. The number of nitrogens with two attached hydrogens (primary N) is 1. The summed E-state index contributed by atoms with van der Waals surface area (Å²) in [4.78, 5) is 7.33. The van der Waals surface area contributed by atoms with Gasteiger partial charge in [0.05, 0.1) is 5.69 Å². The fourth-order valence-corrected chi connectivity index (χ4v) is 1.47. The number of nitrogen functional groups attached to an aromatic ring is 1. The molecule has 0 aliphatic rings. The first-order valence-electron chi connectivity index (χ1n) is 4.36. The van der Waals surface area contributed by atoms with E-state index in [1.807, 2.05) is 0 Å². The smallest absolute Gasteiger partial charge is 0.235 e. The quantitative estimate of drug-likeness (QED) is 0.800. The van der Waals surface area contributed by atoms with Crippen molar-refractivity contribution in [1.29, 1.82) is 0 Å². The van der Waals surface area contributed by atoms with Gasteiger partial charge in [-0.2, -0.15) is 4.98 Å². The highest BCUT2D eigenvalue weighted by Gasteiger charge is 2.12. The maximum atomic E-state index is 13.0. The lowest BCUT2D eigenvalue weighted by Crippen LogP contribution is -1.97. The molecule has 1 heterocycles. The zero-order valence-corrected chi connectivity index (χ0v) is 8.74. The number of hydrogen-bond acceptors (Lipinski definition) is 4. The molecule has 16 heavy (non-hydrogen) atoms. The van der Waals surface area contributed by atoms with Gasteiger partial charge < -0.3 is 10.8 Å². The van der Waals surface area contributed by atoms with Gasteiger partial charge in [-0.3, -0.25) is 0 Å². The van der Waals surface area contributed by atoms with Gasteiger partial charge in [-0.25, -0.2) is 9.37 Å². The van der Waals surface area contributed by atoms with Crippen LogP contribution < -0.4 is 5.73 Å². The zero-order chi connectivity index (χ0) is 11.7. The molecule has 1 aromatic carbocycles. The van der Waals surface area contributed by atoms with Gasteiger partial charge in [0.1, 0.15) is 10.8 Å². The lowest BCUT2D eigenvalue weighted by Gasteiger charge is -2.05. The zero-order valence-electron chi connectivity index (χ0n) is 7.98. The number of aromatic hydroxyl groups is 1. The normalized spacial score (nSPS) is 10.4. The molecule has 0 saturated carbocycles. The summed E-state index contributed by atoms with van der Waals surface area (Å²) in [6.45, 7) is 0. The molecule has 4 nitrogen and oxygen atoms in total. The fraction of sp³-hybridized carbons (Fsp3) is 0. The van der Waals surface area contributed by atoms with Gasteiger partial charge in [0.2, 0.25) is 11.8 Å². The summed E-state index contributed by atoms with van der Waals surface area (Å²) in [6.07, 6.45) is 0. The first kappa shape index (κ1) is 10.6. The molecule has 1 aromatic heterocycles. The third-order valence-electron chi connectivity index (χ3n) is 1.95. The number of anilines is 1. The molecule has 0 aliphatic heterocycles. The molecular weight excluding hydrogens is 233 g/mol. The van der Waals surface area contributed by atoms with Crippen molar-refractivity contribution in [2.75, 3.05) is 5.73 Å². The topological polar surface area (TPSA) is 72.0 Å². The molecule has 0 saturated heterocycles. The van der Waals surface area contributed by atoms with Crippen LogP contribution in [0.25, 0.3) is 11.3 Å². The summed E-state index contributed by atoms with van der Waals surface area (Å²) in [5.41, 5.74) is 5.99. The molecule has 2 aromatic rings. The van der Waals surface area contributed by atoms with Gasteiger partial charge in [0.15, 0.2) is 0 Å². The molecule has 3 N–H and O–H groups in total. The van der Waals surface area contributed by atoms with Crippen LogP contribution >= 0.6 is 11.6 Å². The lowest BCUT2D eigenvalue weighted by molar-refractivity contribution is 0.454. The maximum Gasteiger partial charge on any atom is 0.235 e. The molecule has 0 bridgehead atoms. The summed E-state index contributed by atoms with van der Waals surface area (Å²) < 4.78 is 13.0. The van der Waals surface area contributed by atoms with Gasteiger partial charge in [0.25, 0.3) is 0 Å². The largest absolute Gasteiger partial charge is 0.492 e. The van der Waals surface area contributed by atoms with E-state index in [-0.39, 0.29) is 16.7 Å². The number of hydrogen-bond donors (Lipinski definition) is 2.